The molecule has 0 N–H and O–H groups in total. The Morgan fingerprint density at radius 1 is 1.31 bits per heavy atom. The summed E-state index contributed by atoms with van der Waals surface area (Å²) in [7, 11) is 0. The molecule has 0 aliphatic rings. The van der Waals surface area contributed by atoms with Crippen LogP contribution in [0, 0.1) is 0 Å². The lowest BCUT2D eigenvalue weighted by molar-refractivity contribution is -0.149. The topological polar surface area (TPSA) is 52.6 Å². The van der Waals surface area contributed by atoms with Crippen LogP contribution in [0.5, 0.6) is 0 Å². The van der Waals surface area contributed by atoms with Gasteiger partial charge in [0, 0.05) is 5.57 Å². The van der Waals surface area contributed by atoms with Crippen LogP contribution in [-0.4, -0.2) is 18.5 Å². The maximum Gasteiger partial charge on any atom is 0.374 e. The van der Waals surface area contributed by atoms with E-state index in [0.717, 1.165) is 12.8 Å². The van der Waals surface area contributed by atoms with Crippen LogP contribution < -0.4 is 0 Å². The SMILES string of the molecule is C=C(C)C(=O)O/C(=C/C)C(=O)OCCCC. The molecule has 0 aliphatic carbocycles. The number of allylic oxidation sites excluding steroid dienone is 1. The van der Waals surface area contributed by atoms with E-state index < -0.39 is 11.9 Å². The molecule has 0 bridgehead atoms. The van der Waals surface area contributed by atoms with Crippen molar-refractivity contribution in [3.63, 3.8) is 0 Å². The molecule has 0 unspecified atom stereocenters. The molecule has 0 aromatic rings. The second-order valence-corrected chi connectivity index (χ2v) is 3.31. The number of rotatable bonds is 6. The molecular formula is C12H18O4. The monoisotopic (exact) mass is 226 g/mol. The second-order valence-electron chi connectivity index (χ2n) is 3.31. The molecule has 90 valence electrons. The maximum absolute atomic E-state index is 11.4. The molecule has 0 rings (SSSR count). The third-order valence-electron chi connectivity index (χ3n) is 1.75. The third-order valence-corrected chi connectivity index (χ3v) is 1.75. The molecule has 0 atom stereocenters. The Bertz CT molecular complexity index is 302. The minimum atomic E-state index is -0.624. The van der Waals surface area contributed by atoms with E-state index in [-0.39, 0.29) is 11.3 Å². The molecule has 4 nitrogen and oxygen atoms in total. The summed E-state index contributed by atoms with van der Waals surface area (Å²) in [5.74, 6) is -1.34. The van der Waals surface area contributed by atoms with Crippen molar-refractivity contribution < 1.29 is 19.1 Å². The molecule has 0 saturated carbocycles. The Morgan fingerprint density at radius 3 is 2.38 bits per heavy atom. The summed E-state index contributed by atoms with van der Waals surface area (Å²) in [4.78, 5) is 22.6. The fraction of sp³-hybridized carbons (Fsp3) is 0.500. The van der Waals surface area contributed by atoms with Crippen LogP contribution >= 0.6 is 0 Å². The smallest absolute Gasteiger partial charge is 0.374 e. The molecule has 0 heterocycles. The predicted molar refractivity (Wildman–Crippen MR) is 60.5 cm³/mol. The van der Waals surface area contributed by atoms with Crippen molar-refractivity contribution in [3.05, 3.63) is 24.0 Å². The average Bonchev–Trinajstić information content (AvgIpc) is 2.25. The van der Waals surface area contributed by atoms with E-state index >= 15 is 0 Å². The second kappa shape index (κ2) is 7.68. The van der Waals surface area contributed by atoms with Gasteiger partial charge in [0.15, 0.2) is 0 Å². The van der Waals surface area contributed by atoms with Crippen LogP contribution in [-0.2, 0) is 19.1 Å². The summed E-state index contributed by atoms with van der Waals surface area (Å²) in [5.41, 5.74) is 0.237. The van der Waals surface area contributed by atoms with Gasteiger partial charge >= 0.3 is 11.9 Å². The van der Waals surface area contributed by atoms with Crippen LogP contribution in [0.1, 0.15) is 33.6 Å². The molecular weight excluding hydrogens is 208 g/mol. The molecule has 4 heteroatoms. The fourth-order valence-corrected chi connectivity index (χ4v) is 0.786. The van der Waals surface area contributed by atoms with Gasteiger partial charge in [0.2, 0.25) is 5.76 Å². The first-order valence-electron chi connectivity index (χ1n) is 5.24. The first kappa shape index (κ1) is 14.4. The molecule has 0 saturated heterocycles. The first-order chi connectivity index (χ1) is 7.52. The molecule has 0 radical (unpaired) electrons. The molecule has 0 fully saturated rings. The molecule has 0 aliphatic heterocycles. The molecule has 16 heavy (non-hydrogen) atoms. The van der Waals surface area contributed by atoms with Gasteiger partial charge in [-0.2, -0.15) is 0 Å². The van der Waals surface area contributed by atoms with Gasteiger partial charge in [-0.25, -0.2) is 9.59 Å². The lowest BCUT2D eigenvalue weighted by Gasteiger charge is -2.07. The highest BCUT2D eigenvalue weighted by Crippen LogP contribution is 2.05. The number of carbonyl (C=O) groups is 2. The predicted octanol–water partition coefficient (Wildman–Crippen LogP) is 2.35. The lowest BCUT2D eigenvalue weighted by Crippen LogP contribution is -2.15. The van der Waals surface area contributed by atoms with Gasteiger partial charge in [0.05, 0.1) is 6.61 Å². The minimum Gasteiger partial charge on any atom is -0.460 e. The summed E-state index contributed by atoms with van der Waals surface area (Å²) >= 11 is 0. The standard InChI is InChI=1S/C12H18O4/c1-5-7-8-15-12(14)10(6-2)16-11(13)9(3)4/h6H,3,5,7-8H2,1-2,4H3/b10-6+. The molecule has 0 spiro atoms. The van der Waals surface area contributed by atoms with Crippen LogP contribution in [0.15, 0.2) is 24.0 Å². The summed E-state index contributed by atoms with van der Waals surface area (Å²) in [5, 5.41) is 0. The van der Waals surface area contributed by atoms with Crippen molar-refractivity contribution in [3.8, 4) is 0 Å². The van der Waals surface area contributed by atoms with Crippen LogP contribution in [0.25, 0.3) is 0 Å². The Morgan fingerprint density at radius 2 is 1.94 bits per heavy atom. The fourth-order valence-electron chi connectivity index (χ4n) is 0.786. The summed E-state index contributed by atoms with van der Waals surface area (Å²) in [6, 6.07) is 0. The van der Waals surface area contributed by atoms with Gasteiger partial charge in [0.1, 0.15) is 0 Å². The van der Waals surface area contributed by atoms with Crippen molar-refractivity contribution in [2.24, 2.45) is 0 Å². The summed E-state index contributed by atoms with van der Waals surface area (Å²) in [6.45, 7) is 8.86. The number of esters is 2. The van der Waals surface area contributed by atoms with E-state index in [0.29, 0.717) is 6.61 Å². The number of ether oxygens (including phenoxy) is 2. The van der Waals surface area contributed by atoms with E-state index in [1.165, 1.54) is 13.0 Å². The van der Waals surface area contributed by atoms with Crippen molar-refractivity contribution in [1.29, 1.82) is 0 Å². The Labute approximate surface area is 95.9 Å². The highest BCUT2D eigenvalue weighted by molar-refractivity contribution is 5.94. The highest BCUT2D eigenvalue weighted by Gasteiger charge is 2.16. The highest BCUT2D eigenvalue weighted by atomic mass is 16.6. The Balaban J connectivity index is 4.24. The lowest BCUT2D eigenvalue weighted by atomic mass is 10.3. The summed E-state index contributed by atoms with van der Waals surface area (Å²) in [6.07, 6.45) is 3.12. The van der Waals surface area contributed by atoms with Gasteiger partial charge in [0.25, 0.3) is 0 Å². The van der Waals surface area contributed by atoms with Gasteiger partial charge < -0.3 is 9.47 Å². The average molecular weight is 226 g/mol. The summed E-state index contributed by atoms with van der Waals surface area (Å²) < 4.78 is 9.70. The van der Waals surface area contributed by atoms with Gasteiger partial charge in [-0.1, -0.05) is 19.9 Å². The quantitative estimate of drug-likeness (QED) is 0.302. The number of hydrogen-bond acceptors (Lipinski definition) is 4. The zero-order valence-electron chi connectivity index (χ0n) is 10.0. The maximum atomic E-state index is 11.4. The van der Waals surface area contributed by atoms with Crippen molar-refractivity contribution in [2.45, 2.75) is 33.6 Å². The molecule has 0 aromatic heterocycles. The normalized spacial score (nSPS) is 10.8. The van der Waals surface area contributed by atoms with Crippen molar-refractivity contribution in [2.75, 3.05) is 6.61 Å². The third kappa shape index (κ3) is 5.34. The van der Waals surface area contributed by atoms with Gasteiger partial charge in [-0.15, -0.1) is 0 Å². The van der Waals surface area contributed by atoms with Crippen LogP contribution in [0.2, 0.25) is 0 Å². The Kier molecular flexibility index (Phi) is 6.92. The molecule has 0 amide bonds. The van der Waals surface area contributed by atoms with Gasteiger partial charge in [-0.05, 0) is 26.3 Å². The number of carbonyl (C=O) groups excluding carboxylic acids is 2. The van der Waals surface area contributed by atoms with E-state index in [2.05, 4.69) is 6.58 Å². The van der Waals surface area contributed by atoms with E-state index in [9.17, 15) is 9.59 Å². The van der Waals surface area contributed by atoms with Crippen molar-refractivity contribution in [1.82, 2.24) is 0 Å². The largest absolute Gasteiger partial charge is 0.460 e. The van der Waals surface area contributed by atoms with Crippen molar-refractivity contribution >= 4 is 11.9 Å². The minimum absolute atomic E-state index is 0.0934. The van der Waals surface area contributed by atoms with Crippen LogP contribution in [0.3, 0.4) is 0 Å². The number of unbranched alkanes of at least 4 members (excludes halogenated alkanes) is 1. The molecule has 0 aromatic carbocycles. The zero-order valence-corrected chi connectivity index (χ0v) is 10.0. The van der Waals surface area contributed by atoms with Crippen LogP contribution in [0.4, 0.5) is 0 Å². The van der Waals surface area contributed by atoms with E-state index in [1.54, 1.807) is 6.92 Å². The Hall–Kier alpha value is -1.58. The zero-order chi connectivity index (χ0) is 12.6. The van der Waals surface area contributed by atoms with E-state index in [4.69, 9.17) is 9.47 Å². The number of hydrogen-bond donors (Lipinski definition) is 0. The first-order valence-corrected chi connectivity index (χ1v) is 5.24. The van der Waals surface area contributed by atoms with Gasteiger partial charge in [-0.3, -0.25) is 0 Å². The van der Waals surface area contributed by atoms with E-state index in [1.807, 2.05) is 6.92 Å².